The van der Waals surface area contributed by atoms with E-state index in [-0.39, 0.29) is 43.1 Å². The van der Waals surface area contributed by atoms with Gasteiger partial charge in [-0.15, -0.1) is 12.4 Å². The Kier molecular flexibility index (Phi) is 8.45. The number of carbonyl (C=O) groups is 1. The SMILES string of the molecule is CC(N)CC(=O)NCc1cc(Cl)ccc1OC(F)F.Cl. The van der Waals surface area contributed by atoms with Gasteiger partial charge in [-0.05, 0) is 25.1 Å². The average molecular weight is 329 g/mol. The first-order chi connectivity index (χ1) is 8.88. The lowest BCUT2D eigenvalue weighted by atomic mass is 10.2. The normalized spacial score (nSPS) is 11.7. The van der Waals surface area contributed by atoms with Crippen molar-refractivity contribution in [3.05, 3.63) is 28.8 Å². The first-order valence-electron chi connectivity index (χ1n) is 5.64. The molecule has 20 heavy (non-hydrogen) atoms. The Balaban J connectivity index is 0.00000361. The van der Waals surface area contributed by atoms with Crippen molar-refractivity contribution in [3.63, 3.8) is 0 Å². The number of benzene rings is 1. The number of nitrogens with two attached hydrogens (primary N) is 1. The summed E-state index contributed by atoms with van der Waals surface area (Å²) in [6, 6.07) is 3.97. The van der Waals surface area contributed by atoms with Gasteiger partial charge >= 0.3 is 6.61 Å². The van der Waals surface area contributed by atoms with Gasteiger partial charge in [-0.25, -0.2) is 0 Å². The number of rotatable bonds is 6. The van der Waals surface area contributed by atoms with Crippen LogP contribution in [0.4, 0.5) is 8.78 Å². The quantitative estimate of drug-likeness (QED) is 0.843. The minimum atomic E-state index is -2.93. The van der Waals surface area contributed by atoms with Crippen LogP contribution in [0.15, 0.2) is 18.2 Å². The highest BCUT2D eigenvalue weighted by Crippen LogP contribution is 2.24. The van der Waals surface area contributed by atoms with Gasteiger partial charge in [0.2, 0.25) is 5.91 Å². The Morgan fingerprint density at radius 1 is 1.50 bits per heavy atom. The maximum atomic E-state index is 12.2. The molecule has 1 unspecified atom stereocenters. The Hall–Kier alpha value is -1.11. The topological polar surface area (TPSA) is 64.4 Å². The molecular formula is C12H16Cl2F2N2O2. The van der Waals surface area contributed by atoms with Gasteiger partial charge in [0.05, 0.1) is 0 Å². The van der Waals surface area contributed by atoms with Gasteiger partial charge < -0.3 is 15.8 Å². The van der Waals surface area contributed by atoms with Crippen LogP contribution in [0, 0.1) is 0 Å². The van der Waals surface area contributed by atoms with E-state index < -0.39 is 6.61 Å². The van der Waals surface area contributed by atoms with E-state index >= 15 is 0 Å². The van der Waals surface area contributed by atoms with E-state index in [1.807, 2.05) is 0 Å². The Bertz CT molecular complexity index is 445. The number of hydrogen-bond acceptors (Lipinski definition) is 3. The highest BCUT2D eigenvalue weighted by Gasteiger charge is 2.12. The van der Waals surface area contributed by atoms with Crippen LogP contribution in [0.2, 0.25) is 5.02 Å². The highest BCUT2D eigenvalue weighted by atomic mass is 35.5. The molecular weight excluding hydrogens is 313 g/mol. The highest BCUT2D eigenvalue weighted by molar-refractivity contribution is 6.30. The zero-order valence-corrected chi connectivity index (χ0v) is 12.3. The van der Waals surface area contributed by atoms with Crippen LogP contribution in [-0.2, 0) is 11.3 Å². The summed E-state index contributed by atoms with van der Waals surface area (Å²) >= 11 is 5.78. The molecule has 0 aliphatic carbocycles. The molecule has 1 aromatic carbocycles. The van der Waals surface area contributed by atoms with Gasteiger partial charge in [-0.3, -0.25) is 4.79 Å². The number of alkyl halides is 2. The summed E-state index contributed by atoms with van der Waals surface area (Å²) in [5, 5.41) is 2.94. The molecule has 8 heteroatoms. The molecule has 0 aromatic heterocycles. The van der Waals surface area contributed by atoms with Crippen LogP contribution in [-0.4, -0.2) is 18.6 Å². The van der Waals surface area contributed by atoms with Crippen molar-refractivity contribution in [1.29, 1.82) is 0 Å². The summed E-state index contributed by atoms with van der Waals surface area (Å²) in [5.41, 5.74) is 5.86. The first-order valence-corrected chi connectivity index (χ1v) is 6.01. The van der Waals surface area contributed by atoms with E-state index in [2.05, 4.69) is 10.1 Å². The van der Waals surface area contributed by atoms with E-state index in [0.717, 1.165) is 0 Å². The molecule has 114 valence electrons. The average Bonchev–Trinajstić information content (AvgIpc) is 2.28. The largest absolute Gasteiger partial charge is 0.434 e. The lowest BCUT2D eigenvalue weighted by Crippen LogP contribution is -2.29. The lowest BCUT2D eigenvalue weighted by molar-refractivity contribution is -0.121. The van der Waals surface area contributed by atoms with Crippen molar-refractivity contribution < 1.29 is 18.3 Å². The second-order valence-corrected chi connectivity index (χ2v) is 4.53. The number of nitrogens with one attached hydrogen (secondary N) is 1. The molecule has 0 aliphatic rings. The zero-order valence-electron chi connectivity index (χ0n) is 10.7. The lowest BCUT2D eigenvalue weighted by Gasteiger charge is -2.12. The fourth-order valence-corrected chi connectivity index (χ4v) is 1.65. The second-order valence-electron chi connectivity index (χ2n) is 4.09. The van der Waals surface area contributed by atoms with Gasteiger partial charge in [-0.2, -0.15) is 8.78 Å². The van der Waals surface area contributed by atoms with Crippen molar-refractivity contribution in [2.24, 2.45) is 5.73 Å². The molecule has 1 amide bonds. The number of amides is 1. The summed E-state index contributed by atoms with van der Waals surface area (Å²) in [5.74, 6) is -0.279. The molecule has 0 spiro atoms. The van der Waals surface area contributed by atoms with Crippen molar-refractivity contribution in [3.8, 4) is 5.75 Å². The van der Waals surface area contributed by atoms with Crippen LogP contribution in [0.3, 0.4) is 0 Å². The third kappa shape index (κ3) is 6.88. The molecule has 1 atom stereocenters. The number of hydrogen-bond donors (Lipinski definition) is 2. The number of halogens is 4. The molecule has 0 heterocycles. The third-order valence-electron chi connectivity index (χ3n) is 2.22. The predicted molar refractivity (Wildman–Crippen MR) is 75.4 cm³/mol. The third-order valence-corrected chi connectivity index (χ3v) is 2.46. The van der Waals surface area contributed by atoms with Crippen LogP contribution in [0.5, 0.6) is 5.75 Å². The van der Waals surface area contributed by atoms with E-state index in [4.69, 9.17) is 17.3 Å². The summed E-state index contributed by atoms with van der Waals surface area (Å²) in [6.45, 7) is -1.18. The first kappa shape index (κ1) is 18.9. The Morgan fingerprint density at radius 2 is 2.15 bits per heavy atom. The van der Waals surface area contributed by atoms with Crippen LogP contribution in [0.1, 0.15) is 18.9 Å². The summed E-state index contributed by atoms with van der Waals surface area (Å²) in [6.07, 6.45) is 0.158. The standard InChI is InChI=1S/C12H15ClF2N2O2.ClH/c1-7(16)4-11(18)17-6-8-5-9(13)2-3-10(8)19-12(14)15;/h2-3,5,7,12H,4,6,16H2,1H3,(H,17,18);1H. The minimum Gasteiger partial charge on any atom is -0.434 e. The van der Waals surface area contributed by atoms with Gasteiger partial charge in [-0.1, -0.05) is 11.6 Å². The second kappa shape index (κ2) is 8.94. The molecule has 3 N–H and O–H groups in total. The van der Waals surface area contributed by atoms with Crippen molar-refractivity contribution in [1.82, 2.24) is 5.32 Å². The smallest absolute Gasteiger partial charge is 0.387 e. The van der Waals surface area contributed by atoms with Crippen molar-refractivity contribution in [2.45, 2.75) is 32.5 Å². The maximum absolute atomic E-state index is 12.2. The fourth-order valence-electron chi connectivity index (χ4n) is 1.46. The monoisotopic (exact) mass is 328 g/mol. The molecule has 0 radical (unpaired) electrons. The van der Waals surface area contributed by atoms with Gasteiger partial charge in [0, 0.05) is 29.6 Å². The molecule has 0 aliphatic heterocycles. The minimum absolute atomic E-state index is 0. The fraction of sp³-hybridized carbons (Fsp3) is 0.417. The molecule has 0 saturated heterocycles. The van der Waals surface area contributed by atoms with E-state index in [9.17, 15) is 13.6 Å². The molecule has 0 fully saturated rings. The molecule has 0 saturated carbocycles. The molecule has 1 aromatic rings. The molecule has 0 bridgehead atoms. The molecule has 1 rings (SSSR count). The summed E-state index contributed by atoms with van der Waals surface area (Å²) < 4.78 is 28.8. The summed E-state index contributed by atoms with van der Waals surface area (Å²) in [4.78, 5) is 11.4. The van der Waals surface area contributed by atoms with Gasteiger partial charge in [0.1, 0.15) is 5.75 Å². The number of ether oxygens (including phenoxy) is 1. The van der Waals surface area contributed by atoms with Crippen molar-refractivity contribution in [2.75, 3.05) is 0 Å². The van der Waals surface area contributed by atoms with E-state index in [0.29, 0.717) is 10.6 Å². The Labute approximate surface area is 127 Å². The Morgan fingerprint density at radius 3 is 2.70 bits per heavy atom. The maximum Gasteiger partial charge on any atom is 0.387 e. The van der Waals surface area contributed by atoms with Gasteiger partial charge in [0.15, 0.2) is 0 Å². The van der Waals surface area contributed by atoms with Crippen molar-refractivity contribution >= 4 is 29.9 Å². The summed E-state index contributed by atoms with van der Waals surface area (Å²) in [7, 11) is 0. The van der Waals surface area contributed by atoms with E-state index in [1.54, 1.807) is 6.92 Å². The van der Waals surface area contributed by atoms with Crippen LogP contribution < -0.4 is 15.8 Å². The molecule has 4 nitrogen and oxygen atoms in total. The van der Waals surface area contributed by atoms with Crippen LogP contribution in [0.25, 0.3) is 0 Å². The number of carbonyl (C=O) groups excluding carboxylic acids is 1. The van der Waals surface area contributed by atoms with E-state index in [1.165, 1.54) is 18.2 Å². The zero-order chi connectivity index (χ0) is 14.4. The van der Waals surface area contributed by atoms with Crippen LogP contribution >= 0.6 is 24.0 Å². The van der Waals surface area contributed by atoms with Gasteiger partial charge in [0.25, 0.3) is 0 Å². The predicted octanol–water partition coefficient (Wildman–Crippen LogP) is 2.72.